The average molecular weight is 425 g/mol. The molecule has 0 bridgehead atoms. The maximum atomic E-state index is 11.4. The highest BCUT2D eigenvalue weighted by molar-refractivity contribution is 5.86. The van der Waals surface area contributed by atoms with Gasteiger partial charge in [0.1, 0.15) is 23.4 Å². The zero-order valence-electron chi connectivity index (χ0n) is 17.5. The van der Waals surface area contributed by atoms with Crippen molar-refractivity contribution in [1.29, 1.82) is 0 Å². The highest BCUT2D eigenvalue weighted by atomic mass is 16.6. The number of carbonyl (C=O) groups is 1. The Morgan fingerprint density at radius 1 is 1.42 bits per heavy atom. The lowest BCUT2D eigenvalue weighted by molar-refractivity contribution is -0.119. The number of nitrogens with zero attached hydrogens (tertiary/aromatic N) is 5. The molecule has 1 aliphatic heterocycles. The van der Waals surface area contributed by atoms with Gasteiger partial charge in [-0.2, -0.15) is 0 Å². The van der Waals surface area contributed by atoms with Gasteiger partial charge in [-0.15, -0.1) is 0 Å². The number of aryl methyl sites for hydroxylation is 1. The lowest BCUT2D eigenvalue weighted by Gasteiger charge is -2.12. The summed E-state index contributed by atoms with van der Waals surface area (Å²) in [6.07, 6.45) is 1.20. The molecule has 0 unspecified atom stereocenters. The van der Waals surface area contributed by atoms with Crippen molar-refractivity contribution in [2.45, 2.75) is 51.8 Å². The summed E-state index contributed by atoms with van der Waals surface area (Å²) in [4.78, 5) is 20.6. The molecule has 3 aromatic rings. The normalized spacial score (nSPS) is 16.3. The van der Waals surface area contributed by atoms with E-state index in [1.54, 1.807) is 19.9 Å². The Hall–Kier alpha value is -3.65. The molecule has 11 heteroatoms. The van der Waals surface area contributed by atoms with Gasteiger partial charge in [0.2, 0.25) is 11.8 Å². The van der Waals surface area contributed by atoms with Crippen LogP contribution in [-0.4, -0.2) is 54.1 Å². The fourth-order valence-electron chi connectivity index (χ4n) is 3.31. The zero-order valence-corrected chi connectivity index (χ0v) is 17.5. The smallest absolute Gasteiger partial charge is 0.220 e. The molecule has 0 aliphatic carbocycles. The maximum Gasteiger partial charge on any atom is 0.220 e. The van der Waals surface area contributed by atoms with Crippen LogP contribution in [0.4, 0.5) is 5.82 Å². The average Bonchev–Trinajstić information content (AvgIpc) is 3.41. The minimum Gasteiger partial charge on any atom is -0.475 e. The molecule has 1 amide bonds. The third kappa shape index (κ3) is 4.29. The quantitative estimate of drug-likeness (QED) is 0.505. The molecule has 1 atom stereocenters. The van der Waals surface area contributed by atoms with E-state index in [2.05, 4.69) is 37.4 Å². The van der Waals surface area contributed by atoms with Gasteiger partial charge in [0, 0.05) is 19.0 Å². The summed E-state index contributed by atoms with van der Waals surface area (Å²) < 4.78 is 12.5. The van der Waals surface area contributed by atoms with Crippen LogP contribution < -0.4 is 15.8 Å². The first-order valence-corrected chi connectivity index (χ1v) is 9.92. The van der Waals surface area contributed by atoms with Crippen LogP contribution in [0.25, 0.3) is 22.6 Å². The topological polar surface area (TPSA) is 154 Å². The number of fused-ring (bicyclic) bond motifs is 1. The first-order valence-electron chi connectivity index (χ1n) is 9.92. The van der Waals surface area contributed by atoms with E-state index in [0.717, 1.165) is 0 Å². The van der Waals surface area contributed by atoms with Crippen molar-refractivity contribution < 1.29 is 19.3 Å². The lowest BCUT2D eigenvalue weighted by Crippen LogP contribution is -2.31. The minimum absolute atomic E-state index is 0.0151. The van der Waals surface area contributed by atoms with Crippen molar-refractivity contribution in [3.63, 3.8) is 0 Å². The molecular weight excluding hydrogens is 402 g/mol. The molecule has 4 N–H and O–H groups in total. The molecule has 1 saturated heterocycles. The number of imidazole rings is 1. The van der Waals surface area contributed by atoms with Gasteiger partial charge in [-0.1, -0.05) is 5.92 Å². The molecule has 162 valence electrons. The van der Waals surface area contributed by atoms with E-state index < -0.39 is 5.60 Å². The highest BCUT2D eigenvalue weighted by Gasteiger charge is 2.24. The zero-order chi connectivity index (χ0) is 22.2. The summed E-state index contributed by atoms with van der Waals surface area (Å²) in [5, 5.41) is 20.4. The number of aromatic nitrogens is 5. The Morgan fingerprint density at radius 2 is 2.23 bits per heavy atom. The monoisotopic (exact) mass is 425 g/mol. The molecule has 0 spiro atoms. The van der Waals surface area contributed by atoms with E-state index in [4.69, 9.17) is 15.1 Å². The van der Waals surface area contributed by atoms with Crippen molar-refractivity contribution >= 4 is 22.8 Å². The molecule has 0 aromatic carbocycles. The van der Waals surface area contributed by atoms with Gasteiger partial charge in [0.25, 0.3) is 0 Å². The fourth-order valence-corrected chi connectivity index (χ4v) is 3.31. The van der Waals surface area contributed by atoms with E-state index in [-0.39, 0.29) is 24.4 Å². The Kier molecular flexibility index (Phi) is 5.24. The Bertz CT molecular complexity index is 1200. The van der Waals surface area contributed by atoms with Gasteiger partial charge < -0.3 is 25.5 Å². The Labute approximate surface area is 177 Å². The molecule has 1 fully saturated rings. The number of ether oxygens (including phenoxy) is 1. The molecule has 0 saturated carbocycles. The number of nitrogen functional groups attached to an aromatic ring is 1. The number of carbonyl (C=O) groups excluding carboxylic acids is 1. The molecule has 31 heavy (non-hydrogen) atoms. The van der Waals surface area contributed by atoms with E-state index >= 15 is 0 Å². The lowest BCUT2D eigenvalue weighted by atomic mass is 10.1. The first kappa shape index (κ1) is 20.6. The van der Waals surface area contributed by atoms with Crippen molar-refractivity contribution in [1.82, 2.24) is 30.2 Å². The van der Waals surface area contributed by atoms with Crippen LogP contribution >= 0.6 is 0 Å². The maximum absolute atomic E-state index is 11.4. The third-order valence-electron chi connectivity index (χ3n) is 4.76. The van der Waals surface area contributed by atoms with Gasteiger partial charge in [0.05, 0.1) is 11.6 Å². The second kappa shape index (κ2) is 7.88. The molecule has 4 rings (SSSR count). The second-order valence-corrected chi connectivity index (χ2v) is 7.78. The molecule has 1 aliphatic rings. The molecule has 4 heterocycles. The number of aliphatic hydroxyl groups is 1. The Morgan fingerprint density at radius 3 is 2.84 bits per heavy atom. The van der Waals surface area contributed by atoms with Crippen LogP contribution in [0.5, 0.6) is 5.88 Å². The van der Waals surface area contributed by atoms with Gasteiger partial charge in [-0.25, -0.2) is 14.6 Å². The van der Waals surface area contributed by atoms with E-state index in [1.807, 2.05) is 11.5 Å². The fraction of sp³-hybridized carbons (Fsp3) is 0.450. The van der Waals surface area contributed by atoms with Gasteiger partial charge in [-0.3, -0.25) is 4.79 Å². The van der Waals surface area contributed by atoms with Crippen molar-refractivity contribution in [3.8, 4) is 29.2 Å². The van der Waals surface area contributed by atoms with Gasteiger partial charge in [0.15, 0.2) is 17.3 Å². The van der Waals surface area contributed by atoms with Crippen LogP contribution in [0, 0.1) is 11.8 Å². The largest absolute Gasteiger partial charge is 0.475 e. The number of anilines is 1. The van der Waals surface area contributed by atoms with E-state index in [9.17, 15) is 9.90 Å². The summed E-state index contributed by atoms with van der Waals surface area (Å²) in [5.41, 5.74) is 6.54. The predicted octanol–water partition coefficient (Wildman–Crippen LogP) is 0.863. The van der Waals surface area contributed by atoms with Crippen molar-refractivity contribution in [2.75, 3.05) is 12.3 Å². The summed E-state index contributed by atoms with van der Waals surface area (Å²) in [6, 6.07) is 1.69. The van der Waals surface area contributed by atoms with Crippen LogP contribution in [0.15, 0.2) is 10.7 Å². The SMILES string of the molecule is CCn1c(-c2nonc2N)nc2c(C#CC(C)(C)O)nc(OC[C@@H]3CCC(=O)N3)cc21. The summed E-state index contributed by atoms with van der Waals surface area (Å²) in [6.45, 7) is 5.95. The minimum atomic E-state index is -1.21. The second-order valence-electron chi connectivity index (χ2n) is 7.78. The predicted molar refractivity (Wildman–Crippen MR) is 111 cm³/mol. The van der Waals surface area contributed by atoms with E-state index in [1.165, 1.54) is 0 Å². The first-order chi connectivity index (χ1) is 14.7. The van der Waals surface area contributed by atoms with Crippen molar-refractivity contribution in [3.05, 3.63) is 11.8 Å². The standard InChI is InChI=1S/C20H23N7O4/c1-4-27-13-9-15(30-10-11-5-6-14(28)22-11)23-12(7-8-20(2,3)29)16(13)24-19(27)17-18(21)26-31-25-17/h9,11,29H,4-6,10H2,1-3H3,(H2,21,26)(H,22,28)/t11-/m0/s1. The van der Waals surface area contributed by atoms with Gasteiger partial charge >= 0.3 is 0 Å². The number of amides is 1. The number of nitrogens with two attached hydrogens (primary N) is 1. The van der Waals surface area contributed by atoms with Gasteiger partial charge in [-0.05, 0) is 43.4 Å². The number of hydrogen-bond donors (Lipinski definition) is 3. The van der Waals surface area contributed by atoms with Crippen LogP contribution in [0.3, 0.4) is 0 Å². The van der Waals surface area contributed by atoms with Crippen LogP contribution in [0.2, 0.25) is 0 Å². The van der Waals surface area contributed by atoms with Crippen LogP contribution in [-0.2, 0) is 11.3 Å². The molecule has 3 aromatic heterocycles. The molecule has 11 nitrogen and oxygen atoms in total. The number of nitrogens with one attached hydrogen (secondary N) is 1. The number of pyridine rings is 1. The Balaban J connectivity index is 1.81. The molecule has 0 radical (unpaired) electrons. The number of hydrogen-bond acceptors (Lipinski definition) is 9. The number of rotatable bonds is 5. The summed E-state index contributed by atoms with van der Waals surface area (Å²) in [5.74, 6) is 6.60. The highest BCUT2D eigenvalue weighted by Crippen LogP contribution is 2.30. The van der Waals surface area contributed by atoms with Crippen LogP contribution in [0.1, 0.15) is 39.3 Å². The van der Waals surface area contributed by atoms with E-state index in [0.29, 0.717) is 53.5 Å². The van der Waals surface area contributed by atoms with Crippen molar-refractivity contribution in [2.24, 2.45) is 0 Å². The third-order valence-corrected chi connectivity index (χ3v) is 4.76. The summed E-state index contributed by atoms with van der Waals surface area (Å²) >= 11 is 0. The summed E-state index contributed by atoms with van der Waals surface area (Å²) in [7, 11) is 0. The molecular formula is C20H23N7O4.